The highest BCUT2D eigenvalue weighted by molar-refractivity contribution is 7.99. The van der Waals surface area contributed by atoms with Gasteiger partial charge in [0.05, 0.1) is 30.4 Å². The molecule has 13 heteroatoms. The van der Waals surface area contributed by atoms with E-state index in [1.807, 2.05) is 6.92 Å². The number of carbonyl (C=O) groups excluding carboxylic acids is 1. The molecule has 0 saturated carbocycles. The van der Waals surface area contributed by atoms with Crippen LogP contribution < -0.4 is 5.32 Å². The number of hydrogen-bond donors (Lipinski definition) is 1. The molecule has 9 nitrogen and oxygen atoms in total. The molecule has 1 fully saturated rings. The van der Waals surface area contributed by atoms with E-state index in [-0.39, 0.29) is 42.0 Å². The second kappa shape index (κ2) is 12.7. The molecule has 41 heavy (non-hydrogen) atoms. The summed E-state index contributed by atoms with van der Waals surface area (Å²) in [5.74, 6) is -0.126. The maximum Gasteiger partial charge on any atom is 0.243 e. The van der Waals surface area contributed by atoms with Gasteiger partial charge in [0, 0.05) is 29.4 Å². The van der Waals surface area contributed by atoms with E-state index in [2.05, 4.69) is 15.5 Å². The van der Waals surface area contributed by atoms with Gasteiger partial charge in [-0.25, -0.2) is 12.8 Å². The highest BCUT2D eigenvalue weighted by Gasteiger charge is 2.27. The first kappa shape index (κ1) is 29.2. The van der Waals surface area contributed by atoms with E-state index in [4.69, 9.17) is 16.3 Å². The Bertz CT molecular complexity index is 1660. The van der Waals surface area contributed by atoms with Gasteiger partial charge in [0.15, 0.2) is 11.0 Å². The number of rotatable bonds is 9. The molecule has 1 aromatic heterocycles. The lowest BCUT2D eigenvalue weighted by atomic mass is 10.2. The van der Waals surface area contributed by atoms with Crippen LogP contribution in [0.5, 0.6) is 0 Å². The molecule has 4 aromatic rings. The van der Waals surface area contributed by atoms with Crippen LogP contribution in [0.1, 0.15) is 11.1 Å². The molecule has 214 valence electrons. The normalized spacial score (nSPS) is 14.2. The lowest BCUT2D eigenvalue weighted by molar-refractivity contribution is -0.113. The Balaban J connectivity index is 1.42. The molecule has 0 aliphatic carbocycles. The number of anilines is 1. The third kappa shape index (κ3) is 6.96. The number of thioether (sulfide) groups is 1. The van der Waals surface area contributed by atoms with Gasteiger partial charge in [0.1, 0.15) is 5.82 Å². The van der Waals surface area contributed by atoms with Crippen molar-refractivity contribution in [1.82, 2.24) is 19.1 Å². The van der Waals surface area contributed by atoms with Crippen LogP contribution in [0.3, 0.4) is 0 Å². The van der Waals surface area contributed by atoms with Crippen molar-refractivity contribution in [2.24, 2.45) is 0 Å². The molecule has 2 heterocycles. The van der Waals surface area contributed by atoms with Crippen LogP contribution in [0.4, 0.5) is 10.1 Å². The van der Waals surface area contributed by atoms with Gasteiger partial charge in [-0.2, -0.15) is 4.31 Å². The smallest absolute Gasteiger partial charge is 0.243 e. The van der Waals surface area contributed by atoms with E-state index in [0.717, 1.165) is 11.1 Å². The number of aryl methyl sites for hydroxylation is 1. The first-order valence-electron chi connectivity index (χ1n) is 12.8. The van der Waals surface area contributed by atoms with Crippen LogP contribution in [0.15, 0.2) is 76.8 Å². The molecule has 1 amide bonds. The van der Waals surface area contributed by atoms with E-state index in [1.165, 1.54) is 28.2 Å². The Labute approximate surface area is 246 Å². The minimum atomic E-state index is -3.73. The highest BCUT2D eigenvalue weighted by atomic mass is 35.5. The molecule has 1 aliphatic heterocycles. The number of ether oxygens (including phenoxy) is 1. The summed E-state index contributed by atoms with van der Waals surface area (Å²) in [5.41, 5.74) is 2.82. The van der Waals surface area contributed by atoms with E-state index < -0.39 is 10.0 Å². The van der Waals surface area contributed by atoms with E-state index in [0.29, 0.717) is 40.5 Å². The fourth-order valence-corrected chi connectivity index (χ4v) is 6.76. The second-order valence-corrected chi connectivity index (χ2v) is 12.7. The van der Waals surface area contributed by atoms with Gasteiger partial charge in [0.2, 0.25) is 15.9 Å². The molecule has 1 N–H and O–H groups in total. The van der Waals surface area contributed by atoms with Crippen molar-refractivity contribution in [3.8, 4) is 11.4 Å². The zero-order valence-corrected chi connectivity index (χ0v) is 24.5. The molecular weight excluding hydrogens is 589 g/mol. The number of carbonyl (C=O) groups is 1. The lowest BCUT2D eigenvalue weighted by Gasteiger charge is -2.26. The minimum Gasteiger partial charge on any atom is -0.379 e. The Kier molecular flexibility index (Phi) is 9.05. The summed E-state index contributed by atoms with van der Waals surface area (Å²) in [5, 5.41) is 12.6. The number of aromatic nitrogens is 3. The van der Waals surface area contributed by atoms with Crippen molar-refractivity contribution in [2.45, 2.75) is 23.5 Å². The zero-order chi connectivity index (χ0) is 29.0. The molecule has 5 rings (SSSR count). The van der Waals surface area contributed by atoms with Crippen LogP contribution in [-0.2, 0) is 26.1 Å². The maximum absolute atomic E-state index is 13.6. The Hall–Kier alpha value is -3.29. The maximum atomic E-state index is 13.6. The van der Waals surface area contributed by atoms with Crippen molar-refractivity contribution in [2.75, 3.05) is 37.4 Å². The van der Waals surface area contributed by atoms with Crippen molar-refractivity contribution < 1.29 is 22.3 Å². The average molecular weight is 616 g/mol. The summed E-state index contributed by atoms with van der Waals surface area (Å²) in [6.07, 6.45) is 0. The largest absolute Gasteiger partial charge is 0.379 e. The summed E-state index contributed by atoms with van der Waals surface area (Å²) >= 11 is 7.21. The highest BCUT2D eigenvalue weighted by Crippen LogP contribution is 2.28. The van der Waals surface area contributed by atoms with E-state index in [1.54, 1.807) is 59.2 Å². The standard InChI is InChI=1S/C28H27ClFN5O4S2/c1-19-15-22(29)7-10-25(19)31-26(36)18-40-28-33-32-27(35(28)17-20-5-8-23(30)9-6-20)21-3-2-4-24(16-21)41(37,38)34-11-13-39-14-12-34/h2-10,15-16H,11-14,17-18H2,1H3,(H,31,36). The first-order valence-corrected chi connectivity index (χ1v) is 15.6. The number of nitrogens with zero attached hydrogens (tertiary/aromatic N) is 4. The van der Waals surface area contributed by atoms with Crippen molar-refractivity contribution in [3.63, 3.8) is 0 Å². The third-order valence-corrected chi connectivity index (χ3v) is 9.56. The predicted octanol–water partition coefficient (Wildman–Crippen LogP) is 4.85. The van der Waals surface area contributed by atoms with Crippen molar-refractivity contribution in [1.29, 1.82) is 0 Å². The van der Waals surface area contributed by atoms with Crippen LogP contribution in [0.25, 0.3) is 11.4 Å². The van der Waals surface area contributed by atoms with Gasteiger partial charge in [-0.15, -0.1) is 10.2 Å². The zero-order valence-electron chi connectivity index (χ0n) is 22.1. The molecule has 0 unspecified atom stereocenters. The predicted molar refractivity (Wildman–Crippen MR) is 156 cm³/mol. The first-order chi connectivity index (χ1) is 19.7. The SMILES string of the molecule is Cc1cc(Cl)ccc1NC(=O)CSc1nnc(-c2cccc(S(=O)(=O)N3CCOCC3)c2)n1Cc1ccc(F)cc1. The van der Waals surface area contributed by atoms with E-state index in [9.17, 15) is 17.6 Å². The summed E-state index contributed by atoms with van der Waals surface area (Å²) in [6.45, 7) is 3.39. The van der Waals surface area contributed by atoms with Crippen molar-refractivity contribution in [3.05, 3.63) is 88.7 Å². The van der Waals surface area contributed by atoms with Crippen LogP contribution in [-0.4, -0.2) is 65.5 Å². The lowest BCUT2D eigenvalue weighted by Crippen LogP contribution is -2.40. The fraction of sp³-hybridized carbons (Fsp3) is 0.250. The third-order valence-electron chi connectivity index (χ3n) is 6.47. The monoisotopic (exact) mass is 615 g/mol. The topological polar surface area (TPSA) is 106 Å². The number of amides is 1. The second-order valence-electron chi connectivity index (χ2n) is 9.36. The molecular formula is C28H27ClFN5O4S2. The number of benzene rings is 3. The number of morpholine rings is 1. The Morgan fingerprint density at radius 1 is 1.07 bits per heavy atom. The summed E-state index contributed by atoms with van der Waals surface area (Å²) in [4.78, 5) is 12.9. The van der Waals surface area contributed by atoms with Gasteiger partial charge < -0.3 is 10.1 Å². The summed E-state index contributed by atoms with van der Waals surface area (Å²) in [7, 11) is -3.73. The van der Waals surface area contributed by atoms with Crippen LogP contribution in [0.2, 0.25) is 5.02 Å². The number of hydrogen-bond acceptors (Lipinski definition) is 7. The Morgan fingerprint density at radius 2 is 1.83 bits per heavy atom. The van der Waals surface area contributed by atoms with Gasteiger partial charge in [-0.1, -0.05) is 47.6 Å². The quantitative estimate of drug-likeness (QED) is 0.268. The number of nitrogens with one attached hydrogen (secondary N) is 1. The van der Waals surface area contributed by atoms with Crippen molar-refractivity contribution >= 4 is 45.0 Å². The molecule has 1 aliphatic rings. The van der Waals surface area contributed by atoms with Gasteiger partial charge in [0.25, 0.3) is 0 Å². The molecule has 0 bridgehead atoms. The minimum absolute atomic E-state index is 0.0507. The van der Waals surface area contributed by atoms with Crippen LogP contribution >= 0.6 is 23.4 Å². The van der Waals surface area contributed by atoms with Gasteiger partial charge >= 0.3 is 0 Å². The molecule has 0 atom stereocenters. The fourth-order valence-electron chi connectivity index (χ4n) is 4.34. The van der Waals surface area contributed by atoms with Crippen LogP contribution in [0, 0.1) is 12.7 Å². The number of halogens is 2. The Morgan fingerprint density at radius 3 is 2.56 bits per heavy atom. The number of sulfonamides is 1. The van der Waals surface area contributed by atoms with E-state index >= 15 is 0 Å². The summed E-state index contributed by atoms with van der Waals surface area (Å²) in [6, 6.07) is 17.8. The summed E-state index contributed by atoms with van der Waals surface area (Å²) < 4.78 is 48.7. The van der Waals surface area contributed by atoms with Gasteiger partial charge in [-0.3, -0.25) is 9.36 Å². The average Bonchev–Trinajstić information content (AvgIpc) is 3.37. The molecule has 0 spiro atoms. The van der Waals surface area contributed by atoms with Gasteiger partial charge in [-0.05, 0) is 60.5 Å². The molecule has 0 radical (unpaired) electrons. The molecule has 3 aromatic carbocycles. The molecule has 1 saturated heterocycles.